The number of nitrogens with zero attached hydrogens (tertiary/aromatic N) is 3. The van der Waals surface area contributed by atoms with Gasteiger partial charge in [-0.2, -0.15) is 5.10 Å². The van der Waals surface area contributed by atoms with Crippen LogP contribution in [0.2, 0.25) is 5.02 Å². The fraction of sp³-hybridized carbons (Fsp3) is 0.136. The van der Waals surface area contributed by atoms with Crippen LogP contribution < -0.4 is 4.74 Å². The first-order valence-electron chi connectivity index (χ1n) is 9.22. The normalized spacial score (nSPS) is 19.8. The number of nitro benzene ring substituents is 1. The Kier molecular flexibility index (Phi) is 4.21. The summed E-state index contributed by atoms with van der Waals surface area (Å²) in [4.78, 5) is 10.6. The number of nitro groups is 1. The summed E-state index contributed by atoms with van der Waals surface area (Å²) in [5.74, 6) is 0.799. The molecule has 0 unspecified atom stereocenters. The van der Waals surface area contributed by atoms with Crippen molar-refractivity contribution >= 4 is 23.0 Å². The molecule has 2 heterocycles. The molecule has 144 valence electrons. The molecule has 7 heteroatoms. The molecule has 6 nitrogen and oxygen atoms in total. The number of ether oxygens (including phenoxy) is 1. The summed E-state index contributed by atoms with van der Waals surface area (Å²) < 4.78 is 6.26. The highest BCUT2D eigenvalue weighted by molar-refractivity contribution is 6.34. The van der Waals surface area contributed by atoms with E-state index in [1.807, 2.05) is 53.5 Å². The molecule has 2 aliphatic rings. The van der Waals surface area contributed by atoms with E-state index in [0.717, 1.165) is 28.2 Å². The van der Waals surface area contributed by atoms with Crippen LogP contribution in [0.1, 0.15) is 35.4 Å². The summed E-state index contributed by atoms with van der Waals surface area (Å²) in [6.07, 6.45) is 0.226. The Morgan fingerprint density at radius 3 is 2.52 bits per heavy atom. The zero-order valence-electron chi connectivity index (χ0n) is 15.2. The molecule has 0 N–H and O–H groups in total. The van der Waals surface area contributed by atoms with Crippen LogP contribution in [0.25, 0.3) is 0 Å². The first kappa shape index (κ1) is 17.7. The Labute approximate surface area is 172 Å². The summed E-state index contributed by atoms with van der Waals surface area (Å²) in [5, 5.41) is 18.5. The Bertz CT molecular complexity index is 1130. The number of fused-ring (bicyclic) bond motifs is 3. The van der Waals surface area contributed by atoms with Gasteiger partial charge in [0.2, 0.25) is 6.23 Å². The molecule has 0 saturated carbocycles. The van der Waals surface area contributed by atoms with Gasteiger partial charge in [0.25, 0.3) is 5.69 Å². The molecular weight excluding hydrogens is 390 g/mol. The molecule has 2 aliphatic heterocycles. The zero-order valence-corrected chi connectivity index (χ0v) is 16.0. The fourth-order valence-corrected chi connectivity index (χ4v) is 4.12. The van der Waals surface area contributed by atoms with E-state index in [-0.39, 0.29) is 11.7 Å². The average Bonchev–Trinajstić information content (AvgIpc) is 3.19. The molecule has 3 aromatic rings. The number of halogens is 1. The first-order chi connectivity index (χ1) is 14.1. The van der Waals surface area contributed by atoms with Gasteiger partial charge in [0.1, 0.15) is 5.75 Å². The van der Waals surface area contributed by atoms with E-state index in [1.165, 1.54) is 12.1 Å². The van der Waals surface area contributed by atoms with Crippen LogP contribution >= 0.6 is 11.6 Å². The fourth-order valence-electron chi connectivity index (χ4n) is 3.87. The number of para-hydroxylation sites is 1. The third-order valence-corrected chi connectivity index (χ3v) is 5.60. The summed E-state index contributed by atoms with van der Waals surface area (Å²) in [6, 6.07) is 22.0. The predicted octanol–water partition coefficient (Wildman–Crippen LogP) is 5.49. The maximum Gasteiger partial charge on any atom is 0.269 e. The second-order valence-corrected chi connectivity index (χ2v) is 7.39. The summed E-state index contributed by atoms with van der Waals surface area (Å²) in [6.45, 7) is 0. The molecule has 0 saturated heterocycles. The van der Waals surface area contributed by atoms with Crippen LogP contribution in [0.15, 0.2) is 77.9 Å². The van der Waals surface area contributed by atoms with Gasteiger partial charge in [0.15, 0.2) is 0 Å². The van der Waals surface area contributed by atoms with E-state index in [2.05, 4.69) is 0 Å². The minimum atomic E-state index is -0.476. The minimum absolute atomic E-state index is 0.00594. The van der Waals surface area contributed by atoms with Crippen molar-refractivity contribution in [2.24, 2.45) is 5.10 Å². The third kappa shape index (κ3) is 3.02. The summed E-state index contributed by atoms with van der Waals surface area (Å²) in [5.41, 5.74) is 3.72. The van der Waals surface area contributed by atoms with Crippen LogP contribution in [0.4, 0.5) is 5.69 Å². The second kappa shape index (κ2) is 6.90. The van der Waals surface area contributed by atoms with Gasteiger partial charge in [-0.15, -0.1) is 0 Å². The lowest BCUT2D eigenvalue weighted by Crippen LogP contribution is -2.33. The maximum atomic E-state index is 11.0. The zero-order chi connectivity index (χ0) is 20.0. The molecule has 0 aliphatic carbocycles. The topological polar surface area (TPSA) is 68.0 Å². The molecule has 29 heavy (non-hydrogen) atoms. The number of rotatable bonds is 3. The van der Waals surface area contributed by atoms with Crippen LogP contribution in [0, 0.1) is 10.1 Å². The monoisotopic (exact) mass is 405 g/mol. The summed E-state index contributed by atoms with van der Waals surface area (Å²) in [7, 11) is 0. The van der Waals surface area contributed by atoms with Crippen molar-refractivity contribution in [2.75, 3.05) is 0 Å². The highest BCUT2D eigenvalue weighted by atomic mass is 35.5. The van der Waals surface area contributed by atoms with E-state index in [4.69, 9.17) is 21.4 Å². The van der Waals surface area contributed by atoms with Crippen molar-refractivity contribution in [1.29, 1.82) is 0 Å². The molecule has 0 bridgehead atoms. The van der Waals surface area contributed by atoms with E-state index in [1.54, 1.807) is 12.1 Å². The van der Waals surface area contributed by atoms with E-state index < -0.39 is 11.2 Å². The van der Waals surface area contributed by atoms with Crippen molar-refractivity contribution in [3.8, 4) is 5.75 Å². The van der Waals surface area contributed by atoms with Crippen LogP contribution in [0.3, 0.4) is 0 Å². The standard InChI is InChI=1S/C22H16ClN3O3/c23-18-7-3-1-5-16(18)19-13-20-17-6-2-4-8-21(17)29-22(25(20)24-19)14-9-11-15(12-10-14)26(27)28/h1-12,20,22H,13H2/t20-,22-/m1/s1. The molecule has 0 radical (unpaired) electrons. The SMILES string of the molecule is O=[N+]([O-])c1ccc([C@H]2Oc3ccccc3[C@H]3CC(c4ccccc4Cl)=NN32)cc1. The number of non-ortho nitro benzene ring substituents is 1. The number of hydrogen-bond acceptors (Lipinski definition) is 5. The molecular formula is C22H16ClN3O3. The van der Waals surface area contributed by atoms with Crippen LogP contribution in [0.5, 0.6) is 5.75 Å². The van der Waals surface area contributed by atoms with Gasteiger partial charge in [-0.05, 0) is 24.3 Å². The molecule has 0 aromatic heterocycles. The third-order valence-electron chi connectivity index (χ3n) is 5.27. The molecule has 0 fully saturated rings. The van der Waals surface area contributed by atoms with Gasteiger partial charge in [0, 0.05) is 40.3 Å². The van der Waals surface area contributed by atoms with Gasteiger partial charge in [-0.3, -0.25) is 10.1 Å². The van der Waals surface area contributed by atoms with Crippen LogP contribution in [-0.4, -0.2) is 15.6 Å². The lowest BCUT2D eigenvalue weighted by molar-refractivity contribution is -0.384. The van der Waals surface area contributed by atoms with E-state index >= 15 is 0 Å². The quantitative estimate of drug-likeness (QED) is 0.426. The summed E-state index contributed by atoms with van der Waals surface area (Å²) >= 11 is 6.41. The van der Waals surface area contributed by atoms with Crippen molar-refractivity contribution < 1.29 is 9.66 Å². The van der Waals surface area contributed by atoms with Crippen LogP contribution in [-0.2, 0) is 0 Å². The van der Waals surface area contributed by atoms with Gasteiger partial charge in [-0.1, -0.05) is 48.0 Å². The van der Waals surface area contributed by atoms with E-state index in [9.17, 15) is 10.1 Å². The number of benzene rings is 3. The Morgan fingerprint density at radius 2 is 1.76 bits per heavy atom. The van der Waals surface area contributed by atoms with Gasteiger partial charge < -0.3 is 4.74 Å². The lowest BCUT2D eigenvalue weighted by Gasteiger charge is -2.38. The van der Waals surface area contributed by atoms with Crippen molar-refractivity contribution in [2.45, 2.75) is 18.7 Å². The smallest absolute Gasteiger partial charge is 0.269 e. The highest BCUT2D eigenvalue weighted by Gasteiger charge is 2.41. The Hall–Kier alpha value is -3.38. The van der Waals surface area contributed by atoms with Gasteiger partial charge in [-0.25, -0.2) is 5.01 Å². The molecule has 2 atom stereocenters. The Balaban J connectivity index is 1.58. The van der Waals surface area contributed by atoms with Crippen molar-refractivity contribution in [3.05, 3.63) is 105 Å². The van der Waals surface area contributed by atoms with Gasteiger partial charge in [0.05, 0.1) is 16.7 Å². The largest absolute Gasteiger partial charge is 0.464 e. The molecule has 0 spiro atoms. The van der Waals surface area contributed by atoms with Crippen molar-refractivity contribution in [3.63, 3.8) is 0 Å². The Morgan fingerprint density at radius 1 is 1.03 bits per heavy atom. The molecule has 5 rings (SSSR count). The maximum absolute atomic E-state index is 11.0. The molecule has 0 amide bonds. The lowest BCUT2D eigenvalue weighted by atomic mass is 9.96. The molecule has 3 aromatic carbocycles. The highest BCUT2D eigenvalue weighted by Crippen LogP contribution is 2.47. The number of hydrogen-bond donors (Lipinski definition) is 0. The first-order valence-corrected chi connectivity index (χ1v) is 9.60. The second-order valence-electron chi connectivity index (χ2n) is 6.98. The number of hydrazone groups is 1. The predicted molar refractivity (Wildman–Crippen MR) is 110 cm³/mol. The minimum Gasteiger partial charge on any atom is -0.464 e. The van der Waals surface area contributed by atoms with E-state index in [0.29, 0.717) is 11.4 Å². The van der Waals surface area contributed by atoms with Gasteiger partial charge >= 0.3 is 0 Å². The average molecular weight is 406 g/mol. The van der Waals surface area contributed by atoms with Crippen molar-refractivity contribution in [1.82, 2.24) is 5.01 Å².